The maximum atomic E-state index is 12.8. The number of hydrogen-bond acceptors (Lipinski definition) is 5. The van der Waals surface area contributed by atoms with E-state index in [2.05, 4.69) is 25.6 Å². The summed E-state index contributed by atoms with van der Waals surface area (Å²) < 4.78 is 44.2. The Bertz CT molecular complexity index is 879. The molecule has 1 unspecified atom stereocenters. The van der Waals surface area contributed by atoms with E-state index in [1.807, 2.05) is 0 Å². The molecule has 4 rings (SSSR count). The lowest BCUT2D eigenvalue weighted by Crippen LogP contribution is -2.06. The van der Waals surface area contributed by atoms with Crippen LogP contribution in [0.3, 0.4) is 0 Å². The first-order chi connectivity index (χ1) is 11.5. The molecule has 0 saturated heterocycles. The van der Waals surface area contributed by atoms with Crippen molar-refractivity contribution in [1.82, 2.24) is 25.6 Å². The van der Waals surface area contributed by atoms with E-state index in [0.717, 1.165) is 17.7 Å². The number of rotatable bonds is 2. The Labute approximate surface area is 133 Å². The van der Waals surface area contributed by atoms with E-state index in [1.54, 1.807) is 18.3 Å². The molecule has 1 N–H and O–H groups in total. The maximum Gasteiger partial charge on any atom is 0.416 e. The molecule has 0 amide bonds. The summed E-state index contributed by atoms with van der Waals surface area (Å²) in [4.78, 5) is 4.26. The van der Waals surface area contributed by atoms with Gasteiger partial charge in [0, 0.05) is 18.2 Å². The van der Waals surface area contributed by atoms with Gasteiger partial charge in [0.2, 0.25) is 0 Å². The Kier molecular flexibility index (Phi) is 3.22. The van der Waals surface area contributed by atoms with Crippen LogP contribution in [0, 0.1) is 0 Å². The van der Waals surface area contributed by atoms with Crippen LogP contribution in [-0.2, 0) is 12.6 Å². The van der Waals surface area contributed by atoms with Gasteiger partial charge in [0.1, 0.15) is 11.9 Å². The second-order valence-corrected chi connectivity index (χ2v) is 5.35. The normalized spacial score (nSPS) is 16.7. The molecule has 6 nitrogen and oxygen atoms in total. The van der Waals surface area contributed by atoms with Crippen molar-refractivity contribution in [1.29, 1.82) is 0 Å². The molecule has 0 bridgehead atoms. The van der Waals surface area contributed by atoms with E-state index in [-0.39, 0.29) is 0 Å². The van der Waals surface area contributed by atoms with E-state index in [0.29, 0.717) is 29.3 Å². The van der Waals surface area contributed by atoms with Crippen LogP contribution in [0.5, 0.6) is 5.75 Å². The van der Waals surface area contributed by atoms with Crippen LogP contribution >= 0.6 is 0 Å². The highest BCUT2D eigenvalue weighted by molar-refractivity contribution is 5.54. The monoisotopic (exact) mass is 333 g/mol. The zero-order chi connectivity index (χ0) is 16.7. The second-order valence-electron chi connectivity index (χ2n) is 5.35. The predicted octanol–water partition coefficient (Wildman–Crippen LogP) is 2.96. The molecular weight excluding hydrogens is 323 g/mol. The average molecular weight is 333 g/mol. The van der Waals surface area contributed by atoms with Crippen LogP contribution in [0.1, 0.15) is 22.9 Å². The van der Waals surface area contributed by atoms with E-state index < -0.39 is 17.8 Å². The lowest BCUT2D eigenvalue weighted by atomic mass is 10.0. The Morgan fingerprint density at radius 1 is 1.17 bits per heavy atom. The highest BCUT2D eigenvalue weighted by Crippen LogP contribution is 2.40. The fourth-order valence-corrected chi connectivity index (χ4v) is 2.64. The molecule has 1 aromatic carbocycles. The minimum atomic E-state index is -4.37. The SMILES string of the molecule is FC(F)(F)c1ccc2c(c1)CC(c1cc(-c3nnn[nH]3)ccn1)O2. The van der Waals surface area contributed by atoms with Crippen molar-refractivity contribution in [3.8, 4) is 17.1 Å². The highest BCUT2D eigenvalue weighted by Gasteiger charge is 2.33. The van der Waals surface area contributed by atoms with Gasteiger partial charge in [-0.1, -0.05) is 0 Å². The zero-order valence-electron chi connectivity index (χ0n) is 12.1. The third-order valence-corrected chi connectivity index (χ3v) is 3.79. The van der Waals surface area contributed by atoms with Gasteiger partial charge in [0.25, 0.3) is 0 Å². The molecule has 9 heteroatoms. The number of tetrazole rings is 1. The number of fused-ring (bicyclic) bond motifs is 1. The molecule has 1 aliphatic heterocycles. The fraction of sp³-hybridized carbons (Fsp3) is 0.200. The Morgan fingerprint density at radius 3 is 2.79 bits per heavy atom. The summed E-state index contributed by atoms with van der Waals surface area (Å²) in [6, 6.07) is 6.98. The fourth-order valence-electron chi connectivity index (χ4n) is 2.64. The zero-order valence-corrected chi connectivity index (χ0v) is 12.1. The summed E-state index contributed by atoms with van der Waals surface area (Å²) in [7, 11) is 0. The van der Waals surface area contributed by atoms with Gasteiger partial charge in [-0.05, 0) is 46.3 Å². The molecule has 122 valence electrons. The van der Waals surface area contributed by atoms with Crippen LogP contribution in [0.15, 0.2) is 36.5 Å². The predicted molar refractivity (Wildman–Crippen MR) is 75.9 cm³/mol. The summed E-state index contributed by atoms with van der Waals surface area (Å²) in [5.41, 5.74) is 1.16. The third-order valence-electron chi connectivity index (χ3n) is 3.79. The van der Waals surface area contributed by atoms with Gasteiger partial charge >= 0.3 is 6.18 Å². The highest BCUT2D eigenvalue weighted by atomic mass is 19.4. The van der Waals surface area contributed by atoms with E-state index in [4.69, 9.17) is 4.74 Å². The van der Waals surface area contributed by atoms with Gasteiger partial charge in [-0.2, -0.15) is 13.2 Å². The van der Waals surface area contributed by atoms with Crippen molar-refractivity contribution in [3.63, 3.8) is 0 Å². The summed E-state index contributed by atoms with van der Waals surface area (Å²) in [6.45, 7) is 0. The molecule has 0 saturated carbocycles. The molecule has 3 aromatic rings. The summed E-state index contributed by atoms with van der Waals surface area (Å²) in [5.74, 6) is 0.926. The van der Waals surface area contributed by atoms with Gasteiger partial charge in [0.15, 0.2) is 5.82 Å². The van der Waals surface area contributed by atoms with Gasteiger partial charge in [0.05, 0.1) is 11.3 Å². The minimum absolute atomic E-state index is 0.324. The number of nitrogens with one attached hydrogen (secondary N) is 1. The van der Waals surface area contributed by atoms with Gasteiger partial charge in [-0.15, -0.1) is 5.10 Å². The molecule has 2 aromatic heterocycles. The quantitative estimate of drug-likeness (QED) is 0.780. The Morgan fingerprint density at radius 2 is 2.04 bits per heavy atom. The maximum absolute atomic E-state index is 12.8. The van der Waals surface area contributed by atoms with Crippen LogP contribution in [0.2, 0.25) is 0 Å². The van der Waals surface area contributed by atoms with Gasteiger partial charge in [-0.25, -0.2) is 5.10 Å². The van der Waals surface area contributed by atoms with Crippen molar-refractivity contribution >= 4 is 0 Å². The van der Waals surface area contributed by atoms with Crippen LogP contribution in [-0.4, -0.2) is 25.6 Å². The number of alkyl halides is 3. The molecule has 1 aliphatic rings. The molecule has 0 spiro atoms. The number of pyridine rings is 1. The standard InChI is InChI=1S/C15H10F3N5O/c16-15(17,18)10-1-2-12-9(5-10)7-13(24-12)11-6-8(3-4-19-11)14-20-22-23-21-14/h1-6,13H,7H2,(H,20,21,22,23). The Hall–Kier alpha value is -2.97. The molecule has 3 heterocycles. The first-order valence-corrected chi connectivity index (χ1v) is 7.07. The van der Waals surface area contributed by atoms with Crippen molar-refractivity contribution in [3.05, 3.63) is 53.3 Å². The number of H-pyrrole nitrogens is 1. The van der Waals surface area contributed by atoms with Crippen molar-refractivity contribution in [2.24, 2.45) is 0 Å². The number of aromatic nitrogens is 5. The summed E-state index contributed by atoms with van der Waals surface area (Å²) >= 11 is 0. The van der Waals surface area contributed by atoms with Crippen LogP contribution in [0.4, 0.5) is 13.2 Å². The van der Waals surface area contributed by atoms with E-state index in [1.165, 1.54) is 6.07 Å². The molecule has 24 heavy (non-hydrogen) atoms. The Balaban J connectivity index is 1.62. The number of halogens is 3. The molecular formula is C15H10F3N5O. The number of nitrogens with zero attached hydrogens (tertiary/aromatic N) is 4. The smallest absolute Gasteiger partial charge is 0.416 e. The van der Waals surface area contributed by atoms with E-state index in [9.17, 15) is 13.2 Å². The molecule has 0 fully saturated rings. The lowest BCUT2D eigenvalue weighted by Gasteiger charge is -2.10. The van der Waals surface area contributed by atoms with E-state index >= 15 is 0 Å². The second kappa shape index (κ2) is 5.29. The molecule has 0 aliphatic carbocycles. The minimum Gasteiger partial charge on any atom is -0.483 e. The number of benzene rings is 1. The summed E-state index contributed by atoms with van der Waals surface area (Å²) in [6.07, 6.45) is -2.91. The topological polar surface area (TPSA) is 76.6 Å². The molecule has 0 radical (unpaired) electrons. The first kappa shape index (κ1) is 14.6. The lowest BCUT2D eigenvalue weighted by molar-refractivity contribution is -0.137. The van der Waals surface area contributed by atoms with Crippen molar-refractivity contribution < 1.29 is 17.9 Å². The van der Waals surface area contributed by atoms with Crippen molar-refractivity contribution in [2.75, 3.05) is 0 Å². The number of ether oxygens (including phenoxy) is 1. The molecule has 1 atom stereocenters. The van der Waals surface area contributed by atoms with Crippen molar-refractivity contribution in [2.45, 2.75) is 18.7 Å². The van der Waals surface area contributed by atoms with Gasteiger partial charge < -0.3 is 4.74 Å². The first-order valence-electron chi connectivity index (χ1n) is 7.07. The largest absolute Gasteiger partial charge is 0.483 e. The van der Waals surface area contributed by atoms with Crippen LogP contribution in [0.25, 0.3) is 11.4 Å². The number of hydrogen-bond donors (Lipinski definition) is 1. The average Bonchev–Trinajstić information content (AvgIpc) is 3.23. The van der Waals surface area contributed by atoms with Gasteiger partial charge in [-0.3, -0.25) is 4.98 Å². The summed E-state index contributed by atoms with van der Waals surface area (Å²) in [5, 5.41) is 13.5. The number of aromatic amines is 1. The van der Waals surface area contributed by atoms with Crippen LogP contribution < -0.4 is 4.74 Å². The third kappa shape index (κ3) is 2.57.